The molecule has 1 aromatic rings. The summed E-state index contributed by atoms with van der Waals surface area (Å²) < 4.78 is 5.73. The second-order valence-electron chi connectivity index (χ2n) is 6.95. The molecule has 3 rings (SSSR count). The predicted molar refractivity (Wildman–Crippen MR) is 90.5 cm³/mol. The van der Waals surface area contributed by atoms with Crippen LogP contribution >= 0.6 is 0 Å². The number of carbonyl (C=O) groups excluding carboxylic acids is 1. The van der Waals surface area contributed by atoms with E-state index < -0.39 is 0 Å². The van der Waals surface area contributed by atoms with E-state index in [0.29, 0.717) is 5.91 Å². The van der Waals surface area contributed by atoms with Crippen molar-refractivity contribution in [3.05, 3.63) is 23.9 Å². The van der Waals surface area contributed by atoms with Gasteiger partial charge in [-0.25, -0.2) is 4.98 Å². The van der Waals surface area contributed by atoms with Gasteiger partial charge in [0.05, 0.1) is 12.2 Å². The standard InChI is InChI=1S/C18H27N3O2/c1-13-4-7-19-17(10-13)20-8-5-16(6-9-20)18(22)21-11-14(2)23-15(3)12-21/h4,7,10,14-16H,5-6,8-9,11-12H2,1-3H3/t14-,15+. The van der Waals surface area contributed by atoms with Crippen molar-refractivity contribution < 1.29 is 9.53 Å². The molecule has 0 bridgehead atoms. The number of anilines is 1. The largest absolute Gasteiger partial charge is 0.372 e. The van der Waals surface area contributed by atoms with Gasteiger partial charge in [0.1, 0.15) is 5.82 Å². The number of nitrogens with zero attached hydrogens (tertiary/aromatic N) is 3. The summed E-state index contributed by atoms with van der Waals surface area (Å²) in [5, 5.41) is 0. The first-order valence-electron chi connectivity index (χ1n) is 8.65. The van der Waals surface area contributed by atoms with E-state index in [0.717, 1.165) is 44.8 Å². The fraction of sp³-hybridized carbons (Fsp3) is 0.667. The number of aryl methyl sites for hydroxylation is 1. The molecule has 5 heteroatoms. The molecule has 0 aliphatic carbocycles. The molecule has 1 amide bonds. The van der Waals surface area contributed by atoms with E-state index in [1.807, 2.05) is 31.0 Å². The highest BCUT2D eigenvalue weighted by atomic mass is 16.5. The first-order chi connectivity index (χ1) is 11.0. The van der Waals surface area contributed by atoms with Gasteiger partial charge in [-0.05, 0) is 51.3 Å². The molecule has 0 N–H and O–H groups in total. The molecule has 2 aliphatic heterocycles. The summed E-state index contributed by atoms with van der Waals surface area (Å²) in [4.78, 5) is 21.5. The molecule has 0 aromatic carbocycles. The zero-order valence-electron chi connectivity index (χ0n) is 14.4. The van der Waals surface area contributed by atoms with Gasteiger partial charge < -0.3 is 14.5 Å². The zero-order valence-corrected chi connectivity index (χ0v) is 14.4. The van der Waals surface area contributed by atoms with Crippen LogP contribution in [0.2, 0.25) is 0 Å². The first kappa shape index (κ1) is 16.2. The van der Waals surface area contributed by atoms with Gasteiger partial charge in [-0.2, -0.15) is 0 Å². The number of morpholine rings is 1. The van der Waals surface area contributed by atoms with E-state index in [9.17, 15) is 4.79 Å². The Balaban J connectivity index is 1.57. The summed E-state index contributed by atoms with van der Waals surface area (Å²) in [5.74, 6) is 1.49. The zero-order chi connectivity index (χ0) is 16.4. The lowest BCUT2D eigenvalue weighted by atomic mass is 9.94. The molecule has 0 unspecified atom stereocenters. The topological polar surface area (TPSA) is 45.7 Å². The third-order valence-corrected chi connectivity index (χ3v) is 4.80. The molecule has 3 heterocycles. The van der Waals surface area contributed by atoms with Gasteiger partial charge in [0, 0.05) is 38.3 Å². The smallest absolute Gasteiger partial charge is 0.225 e. The molecule has 0 saturated carbocycles. The predicted octanol–water partition coefficient (Wildman–Crippen LogP) is 2.24. The van der Waals surface area contributed by atoms with Crippen LogP contribution in [0.3, 0.4) is 0 Å². The third kappa shape index (κ3) is 3.83. The van der Waals surface area contributed by atoms with Crippen molar-refractivity contribution in [3.63, 3.8) is 0 Å². The van der Waals surface area contributed by atoms with E-state index in [-0.39, 0.29) is 18.1 Å². The van der Waals surface area contributed by atoms with E-state index in [1.54, 1.807) is 0 Å². The summed E-state index contributed by atoms with van der Waals surface area (Å²) in [6.07, 6.45) is 3.96. The summed E-state index contributed by atoms with van der Waals surface area (Å²) in [6, 6.07) is 4.13. The van der Waals surface area contributed by atoms with Crippen molar-refractivity contribution in [1.82, 2.24) is 9.88 Å². The third-order valence-electron chi connectivity index (χ3n) is 4.80. The summed E-state index contributed by atoms with van der Waals surface area (Å²) in [6.45, 7) is 9.43. The number of amides is 1. The fourth-order valence-electron chi connectivity index (χ4n) is 3.66. The maximum atomic E-state index is 12.8. The van der Waals surface area contributed by atoms with Crippen molar-refractivity contribution in [2.45, 2.75) is 45.8 Å². The second-order valence-corrected chi connectivity index (χ2v) is 6.95. The lowest BCUT2D eigenvalue weighted by Crippen LogP contribution is -2.51. The van der Waals surface area contributed by atoms with Gasteiger partial charge in [-0.15, -0.1) is 0 Å². The lowest BCUT2D eigenvalue weighted by molar-refractivity contribution is -0.148. The molecular formula is C18H27N3O2. The highest BCUT2D eigenvalue weighted by Crippen LogP contribution is 2.25. The summed E-state index contributed by atoms with van der Waals surface area (Å²) in [7, 11) is 0. The van der Waals surface area contributed by atoms with Crippen molar-refractivity contribution in [2.24, 2.45) is 5.92 Å². The number of ether oxygens (including phenoxy) is 1. The van der Waals surface area contributed by atoms with Crippen LogP contribution < -0.4 is 4.90 Å². The summed E-state index contributed by atoms with van der Waals surface area (Å²) in [5.41, 5.74) is 1.23. The molecule has 1 aromatic heterocycles. The number of carbonyl (C=O) groups is 1. The molecule has 23 heavy (non-hydrogen) atoms. The molecule has 2 fully saturated rings. The molecule has 0 spiro atoms. The van der Waals surface area contributed by atoms with Crippen molar-refractivity contribution >= 4 is 11.7 Å². The number of pyridine rings is 1. The Labute approximate surface area is 138 Å². The van der Waals surface area contributed by atoms with E-state index in [4.69, 9.17) is 4.74 Å². The number of aromatic nitrogens is 1. The minimum atomic E-state index is 0.138. The number of piperidine rings is 1. The number of rotatable bonds is 2. The average Bonchev–Trinajstić information content (AvgIpc) is 2.53. The number of hydrogen-bond donors (Lipinski definition) is 0. The highest BCUT2D eigenvalue weighted by Gasteiger charge is 2.32. The van der Waals surface area contributed by atoms with E-state index >= 15 is 0 Å². The van der Waals surface area contributed by atoms with Gasteiger partial charge in [-0.3, -0.25) is 4.79 Å². The average molecular weight is 317 g/mol. The van der Waals surface area contributed by atoms with Gasteiger partial charge in [0.15, 0.2) is 0 Å². The van der Waals surface area contributed by atoms with Crippen LogP contribution in [-0.4, -0.2) is 54.2 Å². The first-order valence-corrected chi connectivity index (χ1v) is 8.65. The Kier molecular flexibility index (Phi) is 4.85. The maximum Gasteiger partial charge on any atom is 0.225 e. The van der Waals surface area contributed by atoms with Crippen LogP contribution in [-0.2, 0) is 9.53 Å². The van der Waals surface area contributed by atoms with Crippen molar-refractivity contribution in [3.8, 4) is 0 Å². The lowest BCUT2D eigenvalue weighted by Gasteiger charge is -2.39. The van der Waals surface area contributed by atoms with Crippen LogP contribution in [0.4, 0.5) is 5.82 Å². The van der Waals surface area contributed by atoms with Crippen molar-refractivity contribution in [2.75, 3.05) is 31.1 Å². The van der Waals surface area contributed by atoms with Crippen LogP contribution in [0.15, 0.2) is 18.3 Å². The molecule has 126 valence electrons. The van der Waals surface area contributed by atoms with Crippen LogP contribution in [0.25, 0.3) is 0 Å². The minimum absolute atomic E-state index is 0.138. The molecule has 2 aliphatic rings. The Morgan fingerprint density at radius 3 is 2.48 bits per heavy atom. The number of hydrogen-bond acceptors (Lipinski definition) is 4. The quantitative estimate of drug-likeness (QED) is 0.839. The molecule has 0 radical (unpaired) electrons. The Morgan fingerprint density at radius 2 is 1.87 bits per heavy atom. The molecule has 2 atom stereocenters. The second kappa shape index (κ2) is 6.87. The molecule has 2 saturated heterocycles. The monoisotopic (exact) mass is 317 g/mol. The van der Waals surface area contributed by atoms with Crippen LogP contribution in [0.5, 0.6) is 0 Å². The maximum absolute atomic E-state index is 12.8. The van der Waals surface area contributed by atoms with Crippen LogP contribution in [0, 0.1) is 12.8 Å². The normalized spacial score (nSPS) is 26.4. The Bertz CT molecular complexity index is 545. The van der Waals surface area contributed by atoms with E-state index in [1.165, 1.54) is 5.56 Å². The van der Waals surface area contributed by atoms with Gasteiger partial charge in [0.25, 0.3) is 0 Å². The highest BCUT2D eigenvalue weighted by molar-refractivity contribution is 5.79. The van der Waals surface area contributed by atoms with E-state index in [2.05, 4.69) is 22.9 Å². The Hall–Kier alpha value is -1.62. The van der Waals surface area contributed by atoms with Crippen LogP contribution in [0.1, 0.15) is 32.3 Å². The van der Waals surface area contributed by atoms with Gasteiger partial charge >= 0.3 is 0 Å². The van der Waals surface area contributed by atoms with Crippen molar-refractivity contribution in [1.29, 1.82) is 0 Å². The SMILES string of the molecule is Cc1ccnc(N2CCC(C(=O)N3C[C@@H](C)O[C@@H](C)C3)CC2)c1. The van der Waals surface area contributed by atoms with Gasteiger partial charge in [-0.1, -0.05) is 0 Å². The fourth-order valence-corrected chi connectivity index (χ4v) is 3.66. The molecule has 5 nitrogen and oxygen atoms in total. The van der Waals surface area contributed by atoms with Gasteiger partial charge in [0.2, 0.25) is 5.91 Å². The Morgan fingerprint density at radius 1 is 1.22 bits per heavy atom. The summed E-state index contributed by atoms with van der Waals surface area (Å²) >= 11 is 0. The molecular weight excluding hydrogens is 290 g/mol. The minimum Gasteiger partial charge on any atom is -0.372 e.